The summed E-state index contributed by atoms with van der Waals surface area (Å²) in [5, 5.41) is 5.65. The van der Waals surface area contributed by atoms with Gasteiger partial charge < -0.3 is 16.4 Å². The van der Waals surface area contributed by atoms with Crippen LogP contribution in [0.2, 0.25) is 0 Å². The van der Waals surface area contributed by atoms with Crippen molar-refractivity contribution in [2.75, 3.05) is 17.6 Å². The zero-order valence-corrected chi connectivity index (χ0v) is 12.0. The van der Waals surface area contributed by atoms with Gasteiger partial charge in [-0.2, -0.15) is 0 Å². The van der Waals surface area contributed by atoms with Crippen molar-refractivity contribution in [3.63, 3.8) is 0 Å². The van der Waals surface area contributed by atoms with Gasteiger partial charge in [-0.05, 0) is 49.7 Å². The summed E-state index contributed by atoms with van der Waals surface area (Å²) in [5.74, 6) is -0.537. The first-order valence-corrected chi connectivity index (χ1v) is 6.72. The molecule has 0 saturated carbocycles. The average molecular weight is 287 g/mol. The Morgan fingerprint density at radius 3 is 2.62 bits per heavy atom. The number of aryl methyl sites for hydroxylation is 1. The van der Waals surface area contributed by atoms with Crippen molar-refractivity contribution in [2.45, 2.75) is 13.8 Å². The highest BCUT2D eigenvalue weighted by Gasteiger charge is 2.09. The normalized spacial score (nSPS) is 10.2. The summed E-state index contributed by atoms with van der Waals surface area (Å²) in [6, 6.07) is 9.69. The Bertz CT molecular complexity index is 671. The topological polar surface area (TPSA) is 67.2 Å². The molecule has 0 unspecified atom stereocenters. The van der Waals surface area contributed by atoms with Crippen molar-refractivity contribution < 1.29 is 9.18 Å². The van der Waals surface area contributed by atoms with Crippen LogP contribution in [-0.4, -0.2) is 12.5 Å². The Labute approximate surface area is 123 Å². The van der Waals surface area contributed by atoms with Crippen LogP contribution in [0.3, 0.4) is 0 Å². The van der Waals surface area contributed by atoms with Crippen molar-refractivity contribution in [1.29, 1.82) is 0 Å². The molecular weight excluding hydrogens is 269 g/mol. The van der Waals surface area contributed by atoms with Gasteiger partial charge in [0, 0.05) is 12.1 Å². The van der Waals surface area contributed by atoms with E-state index < -0.39 is 0 Å². The van der Waals surface area contributed by atoms with Gasteiger partial charge in [-0.1, -0.05) is 6.07 Å². The van der Waals surface area contributed by atoms with Crippen molar-refractivity contribution in [3.8, 4) is 0 Å². The Balaban J connectivity index is 2.25. The van der Waals surface area contributed by atoms with E-state index >= 15 is 0 Å². The molecule has 5 heteroatoms. The van der Waals surface area contributed by atoms with Gasteiger partial charge in [0.05, 0.1) is 17.1 Å². The molecule has 0 aliphatic carbocycles. The third-order valence-electron chi connectivity index (χ3n) is 3.04. The summed E-state index contributed by atoms with van der Waals surface area (Å²) < 4.78 is 13.7. The fourth-order valence-electron chi connectivity index (χ4n) is 1.96. The summed E-state index contributed by atoms with van der Waals surface area (Å²) >= 11 is 0. The Morgan fingerprint density at radius 1 is 1.19 bits per heavy atom. The minimum atomic E-state index is -0.354. The number of anilines is 3. The number of benzene rings is 2. The maximum absolute atomic E-state index is 13.7. The molecule has 1 amide bonds. The molecule has 0 spiro atoms. The van der Waals surface area contributed by atoms with Crippen LogP contribution in [0.1, 0.15) is 22.8 Å². The lowest BCUT2D eigenvalue weighted by atomic mass is 10.1. The summed E-state index contributed by atoms with van der Waals surface area (Å²) in [6.45, 7) is 4.27. The molecule has 0 saturated heterocycles. The number of hydrogen-bond acceptors (Lipinski definition) is 3. The molecule has 21 heavy (non-hydrogen) atoms. The van der Waals surface area contributed by atoms with Gasteiger partial charge in [-0.15, -0.1) is 0 Å². The van der Waals surface area contributed by atoms with E-state index in [-0.39, 0.29) is 11.7 Å². The predicted octanol–water partition coefficient (Wildman–Crippen LogP) is 3.21. The zero-order valence-electron chi connectivity index (χ0n) is 12.0. The molecule has 2 aromatic rings. The highest BCUT2D eigenvalue weighted by atomic mass is 19.1. The van der Waals surface area contributed by atoms with Gasteiger partial charge in [0.1, 0.15) is 5.82 Å². The third kappa shape index (κ3) is 3.51. The van der Waals surface area contributed by atoms with Gasteiger partial charge in [-0.25, -0.2) is 4.39 Å². The van der Waals surface area contributed by atoms with Crippen LogP contribution in [0, 0.1) is 12.7 Å². The number of carbonyl (C=O) groups is 1. The molecule has 0 aromatic heterocycles. The summed E-state index contributed by atoms with van der Waals surface area (Å²) in [4.78, 5) is 11.7. The monoisotopic (exact) mass is 287 g/mol. The molecule has 0 atom stereocenters. The van der Waals surface area contributed by atoms with Crippen LogP contribution >= 0.6 is 0 Å². The number of carbonyl (C=O) groups excluding carboxylic acids is 1. The zero-order chi connectivity index (χ0) is 15.4. The SMILES string of the molecule is CCNC(=O)c1ccc(Nc2cc(C)ccc2F)c(N)c1. The molecule has 0 aliphatic heterocycles. The van der Waals surface area contributed by atoms with Gasteiger partial charge in [0.2, 0.25) is 0 Å². The molecular formula is C16H18FN3O. The van der Waals surface area contributed by atoms with Crippen LogP contribution < -0.4 is 16.4 Å². The summed E-state index contributed by atoms with van der Waals surface area (Å²) in [5.41, 5.74) is 8.65. The molecule has 4 N–H and O–H groups in total. The number of nitrogen functional groups attached to an aromatic ring is 1. The summed E-state index contributed by atoms with van der Waals surface area (Å²) in [6.07, 6.45) is 0. The second-order valence-corrected chi connectivity index (χ2v) is 4.77. The highest BCUT2D eigenvalue weighted by Crippen LogP contribution is 2.26. The van der Waals surface area contributed by atoms with Crippen LogP contribution in [0.25, 0.3) is 0 Å². The Hall–Kier alpha value is -2.56. The number of rotatable bonds is 4. The fourth-order valence-corrected chi connectivity index (χ4v) is 1.96. The van der Waals surface area contributed by atoms with E-state index in [0.29, 0.717) is 29.2 Å². The first kappa shape index (κ1) is 14.8. The molecule has 110 valence electrons. The fraction of sp³-hybridized carbons (Fsp3) is 0.188. The van der Waals surface area contributed by atoms with Crippen molar-refractivity contribution in [1.82, 2.24) is 5.32 Å². The molecule has 2 aromatic carbocycles. The predicted molar refractivity (Wildman–Crippen MR) is 83.3 cm³/mol. The molecule has 0 radical (unpaired) electrons. The first-order valence-electron chi connectivity index (χ1n) is 6.72. The molecule has 0 fully saturated rings. The van der Waals surface area contributed by atoms with Gasteiger partial charge in [0.25, 0.3) is 5.91 Å². The van der Waals surface area contributed by atoms with Crippen molar-refractivity contribution in [2.24, 2.45) is 0 Å². The van der Waals surface area contributed by atoms with Crippen LogP contribution in [0.15, 0.2) is 36.4 Å². The number of nitrogens with two attached hydrogens (primary N) is 1. The number of amides is 1. The smallest absolute Gasteiger partial charge is 0.251 e. The first-order chi connectivity index (χ1) is 10.0. The molecule has 4 nitrogen and oxygen atoms in total. The molecule has 2 rings (SSSR count). The number of hydrogen-bond donors (Lipinski definition) is 3. The van der Waals surface area contributed by atoms with Crippen molar-refractivity contribution in [3.05, 3.63) is 53.3 Å². The molecule has 0 heterocycles. The van der Waals surface area contributed by atoms with Crippen LogP contribution in [0.4, 0.5) is 21.5 Å². The van der Waals surface area contributed by atoms with Gasteiger partial charge in [0.15, 0.2) is 0 Å². The Morgan fingerprint density at radius 2 is 1.95 bits per heavy atom. The van der Waals surface area contributed by atoms with E-state index in [0.717, 1.165) is 5.56 Å². The third-order valence-corrected chi connectivity index (χ3v) is 3.04. The minimum Gasteiger partial charge on any atom is -0.397 e. The van der Waals surface area contributed by atoms with Crippen LogP contribution in [-0.2, 0) is 0 Å². The average Bonchev–Trinajstić information content (AvgIpc) is 2.45. The van der Waals surface area contributed by atoms with Gasteiger partial charge >= 0.3 is 0 Å². The summed E-state index contributed by atoms with van der Waals surface area (Å²) in [7, 11) is 0. The van der Waals surface area contributed by atoms with E-state index in [9.17, 15) is 9.18 Å². The van der Waals surface area contributed by atoms with E-state index in [2.05, 4.69) is 10.6 Å². The van der Waals surface area contributed by atoms with E-state index in [1.54, 1.807) is 30.3 Å². The lowest BCUT2D eigenvalue weighted by Gasteiger charge is -2.12. The van der Waals surface area contributed by atoms with Gasteiger partial charge in [-0.3, -0.25) is 4.79 Å². The lowest BCUT2D eigenvalue weighted by Crippen LogP contribution is -2.22. The molecule has 0 bridgehead atoms. The Kier molecular flexibility index (Phi) is 4.42. The quantitative estimate of drug-likeness (QED) is 0.756. The largest absolute Gasteiger partial charge is 0.397 e. The van der Waals surface area contributed by atoms with Crippen molar-refractivity contribution >= 4 is 23.0 Å². The van der Waals surface area contributed by atoms with E-state index in [4.69, 9.17) is 5.73 Å². The van der Waals surface area contributed by atoms with E-state index in [1.165, 1.54) is 6.07 Å². The van der Waals surface area contributed by atoms with Crippen LogP contribution in [0.5, 0.6) is 0 Å². The highest BCUT2D eigenvalue weighted by molar-refractivity contribution is 5.96. The van der Waals surface area contributed by atoms with E-state index in [1.807, 2.05) is 13.8 Å². The second-order valence-electron chi connectivity index (χ2n) is 4.77. The molecule has 0 aliphatic rings. The second kappa shape index (κ2) is 6.26. The maximum Gasteiger partial charge on any atom is 0.251 e. The lowest BCUT2D eigenvalue weighted by molar-refractivity contribution is 0.0956. The number of halogens is 1. The number of nitrogens with one attached hydrogen (secondary N) is 2. The maximum atomic E-state index is 13.7. The standard InChI is InChI=1S/C16H18FN3O/c1-3-19-16(21)11-5-7-14(13(18)9-11)20-15-8-10(2)4-6-12(15)17/h4-9,20H,3,18H2,1-2H3,(H,19,21). The minimum absolute atomic E-state index is 0.183.